The Labute approximate surface area is 145 Å². The summed E-state index contributed by atoms with van der Waals surface area (Å²) in [5.41, 5.74) is 2.03. The number of alkyl halides is 2. The van der Waals surface area contributed by atoms with Gasteiger partial charge in [0.1, 0.15) is 0 Å². The molecule has 1 atom stereocenters. The number of likely N-dealkylation sites (tertiary alicyclic amines) is 1. The quantitative estimate of drug-likeness (QED) is 0.838. The zero-order valence-corrected chi connectivity index (χ0v) is 14.0. The molecule has 3 heterocycles. The molecule has 2 fully saturated rings. The van der Waals surface area contributed by atoms with Crippen LogP contribution in [0.5, 0.6) is 0 Å². The second kappa shape index (κ2) is 6.24. The van der Waals surface area contributed by atoms with Gasteiger partial charge in [0, 0.05) is 56.3 Å². The van der Waals surface area contributed by atoms with Crippen molar-refractivity contribution in [3.8, 4) is 0 Å². The van der Waals surface area contributed by atoms with Crippen molar-refractivity contribution in [3.05, 3.63) is 36.5 Å². The summed E-state index contributed by atoms with van der Waals surface area (Å²) in [6.45, 7) is 1.77. The van der Waals surface area contributed by atoms with E-state index >= 15 is 0 Å². The van der Waals surface area contributed by atoms with Gasteiger partial charge in [0.2, 0.25) is 5.91 Å². The minimum absolute atomic E-state index is 0.0244. The molecule has 1 amide bonds. The summed E-state index contributed by atoms with van der Waals surface area (Å²) in [6, 6.07) is 9.95. The average molecular weight is 345 g/mol. The molecule has 132 valence electrons. The predicted molar refractivity (Wildman–Crippen MR) is 92.8 cm³/mol. The monoisotopic (exact) mass is 345 g/mol. The van der Waals surface area contributed by atoms with Crippen LogP contribution in [0.1, 0.15) is 19.3 Å². The van der Waals surface area contributed by atoms with Crippen molar-refractivity contribution in [1.29, 1.82) is 0 Å². The van der Waals surface area contributed by atoms with E-state index in [1.54, 1.807) is 11.1 Å². The fourth-order valence-corrected chi connectivity index (χ4v) is 3.85. The van der Waals surface area contributed by atoms with Crippen LogP contribution in [0.2, 0.25) is 0 Å². The number of hydrogen-bond donors (Lipinski definition) is 0. The summed E-state index contributed by atoms with van der Waals surface area (Å²) in [4.78, 5) is 20.9. The van der Waals surface area contributed by atoms with E-state index in [0.717, 1.165) is 29.6 Å². The molecule has 1 aromatic carbocycles. The first-order valence-electron chi connectivity index (χ1n) is 8.79. The number of aromatic nitrogens is 1. The van der Waals surface area contributed by atoms with Crippen molar-refractivity contribution in [2.24, 2.45) is 5.92 Å². The number of piperidine rings is 1. The van der Waals surface area contributed by atoms with E-state index in [-0.39, 0.29) is 37.8 Å². The fraction of sp³-hybridized carbons (Fsp3) is 0.474. The van der Waals surface area contributed by atoms with Crippen molar-refractivity contribution < 1.29 is 13.6 Å². The first-order valence-corrected chi connectivity index (χ1v) is 8.79. The zero-order valence-electron chi connectivity index (χ0n) is 14.0. The Morgan fingerprint density at radius 1 is 1.12 bits per heavy atom. The highest BCUT2D eigenvalue weighted by atomic mass is 19.3. The highest BCUT2D eigenvalue weighted by Crippen LogP contribution is 2.32. The molecule has 2 saturated heterocycles. The number of nitrogens with zero attached hydrogens (tertiary/aromatic N) is 3. The number of amides is 1. The molecule has 2 aliphatic heterocycles. The van der Waals surface area contributed by atoms with E-state index in [4.69, 9.17) is 0 Å². The summed E-state index contributed by atoms with van der Waals surface area (Å²) in [5, 5.41) is 1.08. The van der Waals surface area contributed by atoms with Gasteiger partial charge in [-0.2, -0.15) is 0 Å². The maximum atomic E-state index is 13.3. The second-order valence-electron chi connectivity index (χ2n) is 6.96. The standard InChI is InChI=1S/C19H21F2N3O/c20-19(21)7-11-23(12-8-19)18(25)14-6-10-24(13-14)17-5-9-22-16-4-2-1-3-15(16)17/h1-5,9,14H,6-8,10-13H2. The van der Waals surface area contributed by atoms with E-state index in [1.165, 1.54) is 0 Å². The van der Waals surface area contributed by atoms with Gasteiger partial charge in [0.15, 0.2) is 0 Å². The topological polar surface area (TPSA) is 36.4 Å². The lowest BCUT2D eigenvalue weighted by atomic mass is 10.0. The van der Waals surface area contributed by atoms with Crippen LogP contribution in [-0.4, -0.2) is 47.9 Å². The Morgan fingerprint density at radius 3 is 2.68 bits per heavy atom. The molecular weight excluding hydrogens is 324 g/mol. The van der Waals surface area contributed by atoms with E-state index in [1.807, 2.05) is 30.3 Å². The minimum atomic E-state index is -2.62. The summed E-state index contributed by atoms with van der Waals surface area (Å²) < 4.78 is 26.6. The normalized spacial score (nSPS) is 23.2. The fourth-order valence-electron chi connectivity index (χ4n) is 3.85. The molecular formula is C19H21F2N3O. The Kier molecular flexibility index (Phi) is 4.06. The number of fused-ring (bicyclic) bond motifs is 1. The van der Waals surface area contributed by atoms with Crippen LogP contribution in [0, 0.1) is 5.92 Å². The van der Waals surface area contributed by atoms with E-state index in [2.05, 4.69) is 9.88 Å². The maximum absolute atomic E-state index is 13.3. The Morgan fingerprint density at radius 2 is 1.88 bits per heavy atom. The zero-order chi connectivity index (χ0) is 17.4. The molecule has 0 aliphatic carbocycles. The van der Waals surface area contributed by atoms with Gasteiger partial charge < -0.3 is 9.80 Å². The van der Waals surface area contributed by atoms with Gasteiger partial charge in [-0.15, -0.1) is 0 Å². The molecule has 4 nitrogen and oxygen atoms in total. The van der Waals surface area contributed by atoms with Gasteiger partial charge in [-0.3, -0.25) is 9.78 Å². The number of hydrogen-bond acceptors (Lipinski definition) is 3. The molecule has 25 heavy (non-hydrogen) atoms. The van der Waals surface area contributed by atoms with Gasteiger partial charge >= 0.3 is 0 Å². The molecule has 0 saturated carbocycles. The molecule has 2 aromatic rings. The van der Waals surface area contributed by atoms with Gasteiger partial charge in [-0.1, -0.05) is 18.2 Å². The lowest BCUT2D eigenvalue weighted by Crippen LogP contribution is -2.45. The highest BCUT2D eigenvalue weighted by Gasteiger charge is 2.38. The SMILES string of the molecule is O=C(C1CCN(c2ccnc3ccccc23)C1)N1CCC(F)(F)CC1. The van der Waals surface area contributed by atoms with Crippen molar-refractivity contribution >= 4 is 22.5 Å². The maximum Gasteiger partial charge on any atom is 0.251 e. The molecule has 0 N–H and O–H groups in total. The van der Waals surface area contributed by atoms with Crippen molar-refractivity contribution in [2.75, 3.05) is 31.1 Å². The van der Waals surface area contributed by atoms with Crippen LogP contribution in [-0.2, 0) is 4.79 Å². The van der Waals surface area contributed by atoms with Gasteiger partial charge in [0.25, 0.3) is 5.92 Å². The Hall–Kier alpha value is -2.24. The van der Waals surface area contributed by atoms with E-state index in [9.17, 15) is 13.6 Å². The van der Waals surface area contributed by atoms with Crippen molar-refractivity contribution in [3.63, 3.8) is 0 Å². The summed E-state index contributed by atoms with van der Waals surface area (Å²) in [7, 11) is 0. The minimum Gasteiger partial charge on any atom is -0.370 e. The van der Waals surface area contributed by atoms with Crippen LogP contribution in [0.25, 0.3) is 10.9 Å². The number of anilines is 1. The van der Waals surface area contributed by atoms with Crippen LogP contribution < -0.4 is 4.90 Å². The molecule has 6 heteroatoms. The molecule has 4 rings (SSSR count). The summed E-state index contributed by atoms with van der Waals surface area (Å²) in [6.07, 6.45) is 2.12. The van der Waals surface area contributed by atoms with Gasteiger partial charge in [-0.25, -0.2) is 8.78 Å². The largest absolute Gasteiger partial charge is 0.370 e. The van der Waals surface area contributed by atoms with Crippen molar-refractivity contribution in [2.45, 2.75) is 25.2 Å². The first-order chi connectivity index (χ1) is 12.0. The molecule has 0 radical (unpaired) electrons. The number of benzene rings is 1. The number of pyridine rings is 1. The lowest BCUT2D eigenvalue weighted by Gasteiger charge is -2.33. The number of carbonyl (C=O) groups excluding carboxylic acids is 1. The first kappa shape index (κ1) is 16.2. The van der Waals surface area contributed by atoms with Gasteiger partial charge in [0.05, 0.1) is 11.4 Å². The molecule has 0 bridgehead atoms. The Balaban J connectivity index is 1.47. The second-order valence-corrected chi connectivity index (χ2v) is 6.96. The van der Waals surface area contributed by atoms with Crippen molar-refractivity contribution in [1.82, 2.24) is 9.88 Å². The number of carbonyl (C=O) groups is 1. The Bertz CT molecular complexity index is 780. The average Bonchev–Trinajstić information content (AvgIpc) is 3.10. The number of rotatable bonds is 2. The predicted octanol–water partition coefficient (Wildman–Crippen LogP) is 3.32. The third-order valence-electron chi connectivity index (χ3n) is 5.31. The van der Waals surface area contributed by atoms with Crippen LogP contribution in [0.4, 0.5) is 14.5 Å². The third-order valence-corrected chi connectivity index (χ3v) is 5.31. The van der Waals surface area contributed by atoms with E-state index in [0.29, 0.717) is 6.54 Å². The molecule has 1 unspecified atom stereocenters. The van der Waals surface area contributed by atoms with Gasteiger partial charge in [-0.05, 0) is 18.6 Å². The summed E-state index contributed by atoms with van der Waals surface area (Å²) >= 11 is 0. The highest BCUT2D eigenvalue weighted by molar-refractivity contribution is 5.92. The molecule has 1 aromatic heterocycles. The van der Waals surface area contributed by atoms with Crippen LogP contribution in [0.3, 0.4) is 0 Å². The molecule has 0 spiro atoms. The number of para-hydroxylation sites is 1. The summed E-state index contributed by atoms with van der Waals surface area (Å²) in [5.74, 6) is -2.70. The van der Waals surface area contributed by atoms with Crippen LogP contribution in [0.15, 0.2) is 36.5 Å². The van der Waals surface area contributed by atoms with E-state index < -0.39 is 5.92 Å². The smallest absolute Gasteiger partial charge is 0.251 e. The lowest BCUT2D eigenvalue weighted by molar-refractivity contribution is -0.140. The third kappa shape index (κ3) is 3.17. The number of halogens is 2. The van der Waals surface area contributed by atoms with Crippen LogP contribution >= 0.6 is 0 Å². The molecule has 2 aliphatic rings.